The Morgan fingerprint density at radius 3 is 2.21 bits per heavy atom. The number of aliphatic hydroxyl groups is 1. The molecule has 2 heteroatoms. The van der Waals surface area contributed by atoms with Crippen LogP contribution >= 0.6 is 0 Å². The molecule has 0 saturated heterocycles. The van der Waals surface area contributed by atoms with E-state index < -0.39 is 6.10 Å². The van der Waals surface area contributed by atoms with Gasteiger partial charge < -0.3 is 5.11 Å². The van der Waals surface area contributed by atoms with E-state index in [0.717, 1.165) is 29.5 Å². The fourth-order valence-electron chi connectivity index (χ4n) is 2.04. The van der Waals surface area contributed by atoms with Gasteiger partial charge in [-0.3, -0.25) is 0 Å². The van der Waals surface area contributed by atoms with E-state index in [1.807, 2.05) is 13.8 Å². The van der Waals surface area contributed by atoms with Crippen molar-refractivity contribution in [3.05, 3.63) is 34.6 Å². The molecule has 0 amide bonds. The van der Waals surface area contributed by atoms with Crippen LogP contribution in [0.2, 0.25) is 0 Å². The second-order valence-corrected chi connectivity index (χ2v) is 4.24. The maximum atomic E-state index is 13.0. The monoisotopic (exact) mass is 194 g/mol. The molecule has 0 bridgehead atoms. The average molecular weight is 194 g/mol. The predicted molar refractivity (Wildman–Crippen MR) is 53.6 cm³/mol. The first kappa shape index (κ1) is 9.66. The highest BCUT2D eigenvalue weighted by Crippen LogP contribution is 2.42. The molecule has 1 aromatic rings. The molecular weight excluding hydrogens is 179 g/mol. The fraction of sp³-hybridized carbons (Fsp3) is 0.500. The Morgan fingerprint density at radius 1 is 1.29 bits per heavy atom. The molecule has 1 N–H and O–H groups in total. The van der Waals surface area contributed by atoms with Gasteiger partial charge in [-0.2, -0.15) is 0 Å². The van der Waals surface area contributed by atoms with Crippen LogP contribution < -0.4 is 0 Å². The Kier molecular flexibility index (Phi) is 2.31. The van der Waals surface area contributed by atoms with Gasteiger partial charge >= 0.3 is 0 Å². The van der Waals surface area contributed by atoms with Crippen molar-refractivity contribution >= 4 is 0 Å². The Bertz CT molecular complexity index is 332. The van der Waals surface area contributed by atoms with Crippen molar-refractivity contribution in [3.8, 4) is 0 Å². The summed E-state index contributed by atoms with van der Waals surface area (Å²) in [6, 6.07) is 2.99. The van der Waals surface area contributed by atoms with Gasteiger partial charge in [-0.25, -0.2) is 4.39 Å². The zero-order chi connectivity index (χ0) is 10.3. The minimum Gasteiger partial charge on any atom is -0.388 e. The molecule has 2 rings (SSSR count). The summed E-state index contributed by atoms with van der Waals surface area (Å²) in [6.45, 7) is 3.72. The Hall–Kier alpha value is -0.890. The average Bonchev–Trinajstić information content (AvgIpc) is 2.83. The lowest BCUT2D eigenvalue weighted by atomic mass is 9.95. The summed E-state index contributed by atoms with van der Waals surface area (Å²) >= 11 is 0. The third-order valence-corrected chi connectivity index (χ3v) is 2.92. The highest BCUT2D eigenvalue weighted by atomic mass is 19.1. The van der Waals surface area contributed by atoms with E-state index in [9.17, 15) is 9.50 Å². The SMILES string of the molecule is Cc1cc(F)cc(C)c1C(O)C1CC1. The zero-order valence-corrected chi connectivity index (χ0v) is 8.55. The van der Waals surface area contributed by atoms with Crippen LogP contribution in [0.4, 0.5) is 4.39 Å². The summed E-state index contributed by atoms with van der Waals surface area (Å²) < 4.78 is 13.0. The molecule has 0 aromatic heterocycles. The summed E-state index contributed by atoms with van der Waals surface area (Å²) in [5.74, 6) is 0.185. The number of benzene rings is 1. The van der Waals surface area contributed by atoms with Crippen molar-refractivity contribution < 1.29 is 9.50 Å². The van der Waals surface area contributed by atoms with Gasteiger partial charge in [-0.15, -0.1) is 0 Å². The van der Waals surface area contributed by atoms with Gasteiger partial charge in [0.15, 0.2) is 0 Å². The number of halogens is 1. The summed E-state index contributed by atoms with van der Waals surface area (Å²) in [5.41, 5.74) is 2.65. The van der Waals surface area contributed by atoms with Crippen LogP contribution in [0.5, 0.6) is 0 Å². The van der Waals surface area contributed by atoms with Gasteiger partial charge in [0.05, 0.1) is 6.10 Å². The van der Waals surface area contributed by atoms with Crippen LogP contribution in [0.1, 0.15) is 35.6 Å². The number of rotatable bonds is 2. The molecule has 0 radical (unpaired) electrons. The largest absolute Gasteiger partial charge is 0.388 e. The normalized spacial score (nSPS) is 18.3. The molecule has 1 aromatic carbocycles. The van der Waals surface area contributed by atoms with Crippen LogP contribution in [0.15, 0.2) is 12.1 Å². The minimum absolute atomic E-state index is 0.216. The van der Waals surface area contributed by atoms with Crippen LogP contribution in [0.25, 0.3) is 0 Å². The Labute approximate surface area is 83.6 Å². The molecule has 14 heavy (non-hydrogen) atoms. The fourth-order valence-corrected chi connectivity index (χ4v) is 2.04. The van der Waals surface area contributed by atoms with Crippen molar-refractivity contribution in [2.45, 2.75) is 32.8 Å². The van der Waals surface area contributed by atoms with Crippen LogP contribution in [-0.4, -0.2) is 5.11 Å². The Balaban J connectivity index is 2.40. The Morgan fingerprint density at radius 2 is 1.79 bits per heavy atom. The standard InChI is InChI=1S/C12H15FO/c1-7-5-10(13)6-8(2)11(7)12(14)9-3-4-9/h5-6,9,12,14H,3-4H2,1-2H3. The molecule has 1 nitrogen and oxygen atoms in total. The molecule has 76 valence electrons. The number of hydrogen-bond acceptors (Lipinski definition) is 1. The van der Waals surface area contributed by atoms with Gasteiger partial charge in [0.2, 0.25) is 0 Å². The van der Waals surface area contributed by atoms with Crippen LogP contribution in [0, 0.1) is 25.6 Å². The lowest BCUT2D eigenvalue weighted by Gasteiger charge is -2.16. The first-order valence-electron chi connectivity index (χ1n) is 5.04. The molecule has 0 spiro atoms. The molecule has 0 aliphatic heterocycles. The quantitative estimate of drug-likeness (QED) is 0.767. The maximum absolute atomic E-state index is 13.0. The smallest absolute Gasteiger partial charge is 0.123 e. The molecule has 1 aliphatic rings. The maximum Gasteiger partial charge on any atom is 0.123 e. The van der Waals surface area contributed by atoms with Crippen molar-refractivity contribution in [2.75, 3.05) is 0 Å². The van der Waals surface area contributed by atoms with Crippen molar-refractivity contribution in [1.29, 1.82) is 0 Å². The zero-order valence-electron chi connectivity index (χ0n) is 8.55. The lowest BCUT2D eigenvalue weighted by Crippen LogP contribution is -2.05. The molecule has 1 unspecified atom stereocenters. The predicted octanol–water partition coefficient (Wildman–Crippen LogP) is 2.89. The van der Waals surface area contributed by atoms with Gasteiger partial charge in [-0.05, 0) is 61.4 Å². The highest BCUT2D eigenvalue weighted by Gasteiger charge is 2.32. The molecule has 1 aliphatic carbocycles. The van der Waals surface area contributed by atoms with Crippen molar-refractivity contribution in [1.82, 2.24) is 0 Å². The molecule has 1 atom stereocenters. The van der Waals surface area contributed by atoms with Gasteiger partial charge in [-0.1, -0.05) is 0 Å². The van der Waals surface area contributed by atoms with E-state index in [4.69, 9.17) is 0 Å². The van der Waals surface area contributed by atoms with Gasteiger partial charge in [0.1, 0.15) is 5.82 Å². The van der Waals surface area contributed by atoms with E-state index >= 15 is 0 Å². The first-order chi connectivity index (χ1) is 6.59. The van der Waals surface area contributed by atoms with Crippen LogP contribution in [0.3, 0.4) is 0 Å². The minimum atomic E-state index is -0.393. The molecule has 0 heterocycles. The molecular formula is C12H15FO. The second-order valence-electron chi connectivity index (χ2n) is 4.24. The summed E-state index contributed by atoms with van der Waals surface area (Å²) in [5, 5.41) is 9.99. The van der Waals surface area contributed by atoms with Gasteiger partial charge in [0, 0.05) is 0 Å². The van der Waals surface area contributed by atoms with E-state index in [2.05, 4.69) is 0 Å². The number of aryl methyl sites for hydroxylation is 2. The van der Waals surface area contributed by atoms with E-state index in [1.54, 1.807) is 0 Å². The van der Waals surface area contributed by atoms with E-state index in [0.29, 0.717) is 5.92 Å². The summed E-state index contributed by atoms with van der Waals surface area (Å²) in [6.07, 6.45) is 1.80. The summed E-state index contributed by atoms with van der Waals surface area (Å²) in [4.78, 5) is 0. The first-order valence-corrected chi connectivity index (χ1v) is 5.04. The number of hydrogen-bond donors (Lipinski definition) is 1. The second kappa shape index (κ2) is 3.35. The summed E-state index contributed by atoms with van der Waals surface area (Å²) in [7, 11) is 0. The van der Waals surface area contributed by atoms with Crippen molar-refractivity contribution in [2.24, 2.45) is 5.92 Å². The van der Waals surface area contributed by atoms with E-state index in [1.165, 1.54) is 12.1 Å². The van der Waals surface area contributed by atoms with E-state index in [-0.39, 0.29) is 5.82 Å². The van der Waals surface area contributed by atoms with Gasteiger partial charge in [0.25, 0.3) is 0 Å². The third-order valence-electron chi connectivity index (χ3n) is 2.92. The van der Waals surface area contributed by atoms with Crippen molar-refractivity contribution in [3.63, 3.8) is 0 Å². The highest BCUT2D eigenvalue weighted by molar-refractivity contribution is 5.36. The molecule has 1 saturated carbocycles. The molecule has 1 fully saturated rings. The number of aliphatic hydroxyl groups excluding tert-OH is 1. The lowest BCUT2D eigenvalue weighted by molar-refractivity contribution is 0.152. The topological polar surface area (TPSA) is 20.2 Å². The van der Waals surface area contributed by atoms with Crippen LogP contribution in [-0.2, 0) is 0 Å². The third kappa shape index (κ3) is 1.67.